The number of fused-ring (bicyclic) bond motifs is 1. The van der Waals surface area contributed by atoms with Crippen molar-refractivity contribution in [3.63, 3.8) is 0 Å². The Morgan fingerprint density at radius 2 is 1.76 bits per heavy atom. The molecule has 2 saturated carbocycles. The molecule has 2 N–H and O–H groups in total. The first kappa shape index (κ1) is 32.7. The highest BCUT2D eigenvalue weighted by Crippen LogP contribution is 2.61. The number of rotatable bonds is 10. The zero-order valence-electron chi connectivity index (χ0n) is 25.2. The fourth-order valence-corrected chi connectivity index (χ4v) is 7.60. The summed E-state index contributed by atoms with van der Waals surface area (Å²) in [5.41, 5.74) is 1.26. The number of allylic oxidation sites excluding steroid dienone is 2. The molecular formula is C30H52O7Si. The first-order valence-electron chi connectivity index (χ1n) is 14.0. The summed E-state index contributed by atoms with van der Waals surface area (Å²) >= 11 is 0. The van der Waals surface area contributed by atoms with E-state index >= 15 is 0 Å². The third-order valence-corrected chi connectivity index (χ3v) is 14.3. The number of aliphatic hydroxyl groups excluding tert-OH is 2. The number of hydrogen-bond donors (Lipinski definition) is 2. The van der Waals surface area contributed by atoms with Crippen molar-refractivity contribution in [1.82, 2.24) is 0 Å². The molecule has 0 saturated heterocycles. The van der Waals surface area contributed by atoms with Crippen molar-refractivity contribution in [1.29, 1.82) is 0 Å². The minimum absolute atomic E-state index is 0.0496. The number of aliphatic hydroxyl groups is 2. The molecule has 2 aliphatic rings. The summed E-state index contributed by atoms with van der Waals surface area (Å²) in [5.74, 6) is -0.483. The van der Waals surface area contributed by atoms with Crippen LogP contribution < -0.4 is 0 Å². The molecule has 0 aliphatic heterocycles. The second-order valence-electron chi connectivity index (χ2n) is 13.5. The third kappa shape index (κ3) is 7.17. The Kier molecular flexibility index (Phi) is 10.6. The summed E-state index contributed by atoms with van der Waals surface area (Å²) < 4.78 is 17.6. The first-order valence-corrected chi connectivity index (χ1v) is 16.9. The molecule has 0 aromatic carbocycles. The van der Waals surface area contributed by atoms with Crippen LogP contribution in [0.5, 0.6) is 0 Å². The average Bonchev–Trinajstić information content (AvgIpc) is 2.79. The van der Waals surface area contributed by atoms with Crippen LogP contribution in [0.15, 0.2) is 23.8 Å². The number of ether oxygens (including phenoxy) is 2. The zero-order chi connectivity index (χ0) is 29.1. The molecule has 0 amide bonds. The second kappa shape index (κ2) is 12.4. The van der Waals surface area contributed by atoms with Crippen LogP contribution in [0, 0.1) is 22.7 Å². The minimum atomic E-state index is -2.26. The molecule has 0 spiro atoms. The Balaban J connectivity index is 2.47. The van der Waals surface area contributed by atoms with Gasteiger partial charge in [0.1, 0.15) is 19.3 Å². The highest BCUT2D eigenvalue weighted by molar-refractivity contribution is 6.74. The highest BCUT2D eigenvalue weighted by Gasteiger charge is 2.57. The smallest absolute Gasteiger partial charge is 0.302 e. The van der Waals surface area contributed by atoms with E-state index in [0.29, 0.717) is 12.8 Å². The van der Waals surface area contributed by atoms with Crippen molar-refractivity contribution in [2.75, 3.05) is 19.8 Å². The molecule has 38 heavy (non-hydrogen) atoms. The Morgan fingerprint density at radius 1 is 1.16 bits per heavy atom. The van der Waals surface area contributed by atoms with Gasteiger partial charge < -0.3 is 24.1 Å². The van der Waals surface area contributed by atoms with Gasteiger partial charge in [0.05, 0.1) is 12.7 Å². The average molecular weight is 553 g/mol. The highest BCUT2D eigenvalue weighted by atomic mass is 28.4. The Labute approximate surface area is 231 Å². The van der Waals surface area contributed by atoms with Gasteiger partial charge in [-0.05, 0) is 73.1 Å². The van der Waals surface area contributed by atoms with Gasteiger partial charge in [0.15, 0.2) is 8.32 Å². The number of carbonyl (C=O) groups is 2. The summed E-state index contributed by atoms with van der Waals surface area (Å²) in [6.45, 7) is 22.3. The predicted octanol–water partition coefficient (Wildman–Crippen LogP) is 5.56. The quantitative estimate of drug-likeness (QED) is 0.208. The summed E-state index contributed by atoms with van der Waals surface area (Å²) in [6.07, 6.45) is 4.93. The lowest BCUT2D eigenvalue weighted by molar-refractivity contribution is -0.151. The fourth-order valence-electron chi connectivity index (χ4n) is 6.32. The summed E-state index contributed by atoms with van der Waals surface area (Å²) in [7, 11) is -2.26. The lowest BCUT2D eigenvalue weighted by Gasteiger charge is -2.59. The molecule has 7 nitrogen and oxygen atoms in total. The van der Waals surface area contributed by atoms with Crippen molar-refractivity contribution in [3.8, 4) is 0 Å². The van der Waals surface area contributed by atoms with E-state index in [1.807, 2.05) is 6.92 Å². The molecule has 0 unspecified atom stereocenters. The second-order valence-corrected chi connectivity index (χ2v) is 18.2. The fraction of sp³-hybridized carbons (Fsp3) is 0.800. The molecular weight excluding hydrogens is 500 g/mol. The molecule has 0 aromatic heterocycles. The number of hydrogen-bond acceptors (Lipinski definition) is 7. The minimum Gasteiger partial charge on any atom is -0.463 e. The Hall–Kier alpha value is -1.48. The lowest BCUT2D eigenvalue weighted by atomic mass is 9.46. The van der Waals surface area contributed by atoms with Crippen LogP contribution in [0.2, 0.25) is 18.1 Å². The SMILES string of the molecule is C=C1CC[C@@H]2[C@](C)(CO)[C@H](O)CC[C@@]2(C)[C@@H]1C/C=C(/COC(C)=O)[C@@H](COC(C)=O)O[Si](C)(C)C(C)(C)C. The summed E-state index contributed by atoms with van der Waals surface area (Å²) in [4.78, 5) is 23.5. The monoisotopic (exact) mass is 552 g/mol. The Morgan fingerprint density at radius 3 is 2.29 bits per heavy atom. The van der Waals surface area contributed by atoms with E-state index in [0.717, 1.165) is 24.8 Å². The van der Waals surface area contributed by atoms with Crippen LogP contribution in [0.3, 0.4) is 0 Å². The van der Waals surface area contributed by atoms with Gasteiger partial charge in [-0.3, -0.25) is 9.59 Å². The zero-order valence-corrected chi connectivity index (χ0v) is 26.2. The number of carbonyl (C=O) groups excluding carboxylic acids is 2. The van der Waals surface area contributed by atoms with E-state index in [9.17, 15) is 19.8 Å². The van der Waals surface area contributed by atoms with Crippen molar-refractivity contribution in [2.45, 2.75) is 111 Å². The van der Waals surface area contributed by atoms with Crippen LogP contribution >= 0.6 is 0 Å². The van der Waals surface area contributed by atoms with Gasteiger partial charge in [0, 0.05) is 19.3 Å². The van der Waals surface area contributed by atoms with Crippen LogP contribution in [-0.4, -0.2) is 62.5 Å². The van der Waals surface area contributed by atoms with Crippen LogP contribution in [0.25, 0.3) is 0 Å². The van der Waals surface area contributed by atoms with E-state index in [2.05, 4.69) is 53.4 Å². The van der Waals surface area contributed by atoms with Crippen molar-refractivity contribution in [2.24, 2.45) is 22.7 Å². The van der Waals surface area contributed by atoms with Crippen molar-refractivity contribution in [3.05, 3.63) is 23.8 Å². The van der Waals surface area contributed by atoms with Gasteiger partial charge in [-0.25, -0.2) is 0 Å². The summed E-state index contributed by atoms with van der Waals surface area (Å²) in [5, 5.41) is 21.1. The molecule has 0 aromatic rings. The molecule has 2 rings (SSSR count). The van der Waals surface area contributed by atoms with Crippen molar-refractivity contribution < 1.29 is 33.7 Å². The van der Waals surface area contributed by atoms with Gasteiger partial charge in [0.25, 0.3) is 0 Å². The molecule has 8 heteroatoms. The third-order valence-electron chi connectivity index (χ3n) is 9.85. The molecule has 2 aliphatic carbocycles. The molecule has 2 fully saturated rings. The van der Waals surface area contributed by atoms with Gasteiger partial charge in [0.2, 0.25) is 0 Å². The maximum atomic E-state index is 11.8. The van der Waals surface area contributed by atoms with E-state index in [4.69, 9.17) is 13.9 Å². The largest absolute Gasteiger partial charge is 0.463 e. The molecule has 0 heterocycles. The molecule has 218 valence electrons. The van der Waals surface area contributed by atoms with Gasteiger partial charge >= 0.3 is 11.9 Å². The van der Waals surface area contributed by atoms with Crippen molar-refractivity contribution >= 4 is 20.3 Å². The summed E-state index contributed by atoms with van der Waals surface area (Å²) in [6, 6.07) is 0. The van der Waals surface area contributed by atoms with Crippen LogP contribution in [0.1, 0.15) is 80.6 Å². The van der Waals surface area contributed by atoms with E-state index in [1.165, 1.54) is 19.4 Å². The predicted molar refractivity (Wildman–Crippen MR) is 152 cm³/mol. The standard InChI is InChI=1S/C30H52O7Si/c1-20-11-14-26-29(7,16-15-27(34)30(26,8)19-31)24(20)13-12-23(17-35-21(2)32)25(18-36-22(3)33)37-38(9,10)28(4,5)6/h12,24-27,31,34H,1,11,13-19H2,2-10H3/b23-12-/t24-,25-,26+,27-,29+,30+/m1/s1. The Bertz CT molecular complexity index is 905. The van der Waals surface area contributed by atoms with E-state index < -0.39 is 25.9 Å². The molecule has 0 bridgehead atoms. The van der Waals surface area contributed by atoms with Crippen LogP contribution in [-0.2, 0) is 23.5 Å². The van der Waals surface area contributed by atoms with Gasteiger partial charge in [-0.2, -0.15) is 0 Å². The van der Waals surface area contributed by atoms with Crippen LogP contribution in [0.4, 0.5) is 0 Å². The van der Waals surface area contributed by atoms with Gasteiger partial charge in [-0.15, -0.1) is 0 Å². The topological polar surface area (TPSA) is 102 Å². The molecule has 6 atom stereocenters. The van der Waals surface area contributed by atoms with E-state index in [1.54, 1.807) is 0 Å². The van der Waals surface area contributed by atoms with E-state index in [-0.39, 0.29) is 54.0 Å². The molecule has 0 radical (unpaired) electrons. The maximum Gasteiger partial charge on any atom is 0.302 e. The first-order chi connectivity index (χ1) is 17.4. The lowest BCUT2D eigenvalue weighted by Crippen LogP contribution is -2.57. The number of esters is 2. The maximum absolute atomic E-state index is 11.8. The van der Waals surface area contributed by atoms with Gasteiger partial charge in [-0.1, -0.05) is 52.8 Å². The normalized spacial score (nSPS) is 31.4.